The standard InChI is InChI=1S/C21H30N4O2S/c1-3-4-7-12-22-19(26)17-10-13-24(14-11-17)15-25-21(28)27-20(23-25)18-9-6-5-8-16(18)2/h5-6,8-9,17H,3-4,7,10-15H2,1-2H3,(H,22,26). The fourth-order valence-corrected chi connectivity index (χ4v) is 3.75. The molecule has 1 fully saturated rings. The van der Waals surface area contributed by atoms with E-state index in [0.29, 0.717) is 17.4 Å². The van der Waals surface area contributed by atoms with Gasteiger partial charge in [-0.3, -0.25) is 9.69 Å². The maximum absolute atomic E-state index is 12.3. The van der Waals surface area contributed by atoms with Crippen LogP contribution in [-0.2, 0) is 11.5 Å². The molecule has 1 aromatic carbocycles. The number of piperidine rings is 1. The Labute approximate surface area is 171 Å². The number of nitrogens with zero attached hydrogens (tertiary/aromatic N) is 3. The van der Waals surface area contributed by atoms with Crippen LogP contribution in [0.2, 0.25) is 0 Å². The molecule has 2 aromatic rings. The number of aryl methyl sites for hydroxylation is 1. The van der Waals surface area contributed by atoms with Gasteiger partial charge in [0, 0.05) is 31.1 Å². The maximum Gasteiger partial charge on any atom is 0.288 e. The first-order valence-electron chi connectivity index (χ1n) is 10.2. The van der Waals surface area contributed by atoms with Crippen molar-refractivity contribution in [1.82, 2.24) is 20.0 Å². The number of benzene rings is 1. The summed E-state index contributed by atoms with van der Waals surface area (Å²) in [6, 6.07) is 7.99. The number of hydrogen-bond donors (Lipinski definition) is 1. The van der Waals surface area contributed by atoms with Crippen LogP contribution >= 0.6 is 12.2 Å². The van der Waals surface area contributed by atoms with Crippen LogP contribution in [0, 0.1) is 17.7 Å². The van der Waals surface area contributed by atoms with Crippen LogP contribution in [0.5, 0.6) is 0 Å². The highest BCUT2D eigenvalue weighted by molar-refractivity contribution is 7.71. The molecule has 1 aliphatic heterocycles. The zero-order valence-corrected chi connectivity index (χ0v) is 17.6. The second kappa shape index (κ2) is 9.98. The normalized spacial score (nSPS) is 15.6. The van der Waals surface area contributed by atoms with E-state index in [1.807, 2.05) is 31.2 Å². The zero-order valence-electron chi connectivity index (χ0n) is 16.8. The molecule has 1 aromatic heterocycles. The highest BCUT2D eigenvalue weighted by Gasteiger charge is 2.25. The summed E-state index contributed by atoms with van der Waals surface area (Å²) in [6.07, 6.45) is 5.14. The minimum absolute atomic E-state index is 0.116. The van der Waals surface area contributed by atoms with E-state index >= 15 is 0 Å². The summed E-state index contributed by atoms with van der Waals surface area (Å²) in [5.74, 6) is 0.880. The van der Waals surface area contributed by atoms with E-state index in [1.54, 1.807) is 4.68 Å². The third kappa shape index (κ3) is 5.29. The summed E-state index contributed by atoms with van der Waals surface area (Å²) in [6.45, 7) is 7.32. The molecule has 152 valence electrons. The molecule has 6 nitrogen and oxygen atoms in total. The highest BCUT2D eigenvalue weighted by atomic mass is 32.1. The molecule has 0 saturated carbocycles. The first-order chi connectivity index (χ1) is 13.6. The summed E-state index contributed by atoms with van der Waals surface area (Å²) in [5.41, 5.74) is 2.07. The SMILES string of the molecule is CCCCCNC(=O)C1CCN(Cn2nc(-c3ccccc3C)oc2=S)CC1. The van der Waals surface area contributed by atoms with E-state index in [2.05, 4.69) is 22.2 Å². The van der Waals surface area contributed by atoms with Crippen molar-refractivity contribution < 1.29 is 9.21 Å². The Morgan fingerprint density at radius 1 is 1.29 bits per heavy atom. The molecule has 3 rings (SSSR count). The lowest BCUT2D eigenvalue weighted by atomic mass is 9.96. The van der Waals surface area contributed by atoms with Crippen molar-refractivity contribution in [2.24, 2.45) is 5.92 Å². The molecule has 1 amide bonds. The van der Waals surface area contributed by atoms with E-state index < -0.39 is 0 Å². The Bertz CT molecular complexity index is 837. The molecule has 7 heteroatoms. The number of rotatable bonds is 8. The Morgan fingerprint density at radius 2 is 2.04 bits per heavy atom. The van der Waals surface area contributed by atoms with Crippen molar-refractivity contribution in [3.8, 4) is 11.5 Å². The van der Waals surface area contributed by atoms with Gasteiger partial charge < -0.3 is 9.73 Å². The molecule has 1 aliphatic rings. The summed E-state index contributed by atoms with van der Waals surface area (Å²) < 4.78 is 7.46. The molecule has 0 spiro atoms. The Hall–Kier alpha value is -1.99. The first-order valence-corrected chi connectivity index (χ1v) is 10.6. The molecular formula is C21H30N4O2S. The second-order valence-corrected chi connectivity index (χ2v) is 7.87. The fourth-order valence-electron chi connectivity index (χ4n) is 3.57. The number of aromatic nitrogens is 2. The molecule has 28 heavy (non-hydrogen) atoms. The number of carbonyl (C=O) groups is 1. The van der Waals surface area contributed by atoms with Crippen LogP contribution in [0.15, 0.2) is 28.7 Å². The van der Waals surface area contributed by atoms with E-state index in [0.717, 1.165) is 50.0 Å². The van der Waals surface area contributed by atoms with Crippen molar-refractivity contribution in [1.29, 1.82) is 0 Å². The highest BCUT2D eigenvalue weighted by Crippen LogP contribution is 2.23. The van der Waals surface area contributed by atoms with Gasteiger partial charge in [-0.1, -0.05) is 38.0 Å². The molecule has 2 heterocycles. The van der Waals surface area contributed by atoms with Crippen molar-refractivity contribution >= 4 is 18.1 Å². The van der Waals surface area contributed by atoms with Gasteiger partial charge in [0.25, 0.3) is 4.84 Å². The Kier molecular flexibility index (Phi) is 7.39. The van der Waals surface area contributed by atoms with Crippen molar-refractivity contribution in [3.63, 3.8) is 0 Å². The largest absolute Gasteiger partial charge is 0.409 e. The van der Waals surface area contributed by atoms with Crippen LogP contribution in [-0.4, -0.2) is 40.2 Å². The van der Waals surface area contributed by atoms with Crippen molar-refractivity contribution in [2.45, 2.75) is 52.6 Å². The van der Waals surface area contributed by atoms with Gasteiger partial charge in [-0.2, -0.15) is 0 Å². The van der Waals surface area contributed by atoms with Crippen molar-refractivity contribution in [2.75, 3.05) is 19.6 Å². The third-order valence-electron chi connectivity index (χ3n) is 5.35. The summed E-state index contributed by atoms with van der Waals surface area (Å²) in [7, 11) is 0. The van der Waals surface area contributed by atoms with Crippen LogP contribution in [0.4, 0.5) is 0 Å². The molecule has 1 N–H and O–H groups in total. The average molecular weight is 403 g/mol. The Morgan fingerprint density at radius 3 is 2.75 bits per heavy atom. The summed E-state index contributed by atoms with van der Waals surface area (Å²) in [4.78, 5) is 15.0. The molecule has 0 radical (unpaired) electrons. The fraction of sp³-hybridized carbons (Fsp3) is 0.571. The predicted molar refractivity (Wildman–Crippen MR) is 112 cm³/mol. The number of nitrogens with one attached hydrogen (secondary N) is 1. The van der Waals surface area contributed by atoms with E-state index in [9.17, 15) is 4.79 Å². The molecule has 0 aliphatic carbocycles. The topological polar surface area (TPSA) is 63.3 Å². The average Bonchev–Trinajstić information content (AvgIpc) is 3.06. The lowest BCUT2D eigenvalue weighted by Crippen LogP contribution is -2.41. The van der Waals surface area contributed by atoms with Gasteiger partial charge in [-0.05, 0) is 50.0 Å². The van der Waals surface area contributed by atoms with Gasteiger partial charge in [-0.25, -0.2) is 4.68 Å². The van der Waals surface area contributed by atoms with Crippen LogP contribution in [0.3, 0.4) is 0 Å². The maximum atomic E-state index is 12.3. The van der Waals surface area contributed by atoms with E-state index in [4.69, 9.17) is 16.6 Å². The third-order valence-corrected chi connectivity index (χ3v) is 5.65. The molecule has 0 unspecified atom stereocenters. The smallest absolute Gasteiger partial charge is 0.288 e. The quantitative estimate of drug-likeness (QED) is 0.531. The van der Waals surface area contributed by atoms with Crippen LogP contribution < -0.4 is 5.32 Å². The molecular weight excluding hydrogens is 372 g/mol. The van der Waals surface area contributed by atoms with Crippen LogP contribution in [0.1, 0.15) is 44.6 Å². The van der Waals surface area contributed by atoms with Gasteiger partial charge in [0.2, 0.25) is 11.8 Å². The number of amides is 1. The molecule has 1 saturated heterocycles. The zero-order chi connectivity index (χ0) is 19.9. The minimum atomic E-state index is 0.116. The molecule has 0 bridgehead atoms. The summed E-state index contributed by atoms with van der Waals surface area (Å²) >= 11 is 5.36. The second-order valence-electron chi connectivity index (χ2n) is 7.52. The Balaban J connectivity index is 1.52. The van der Waals surface area contributed by atoms with Crippen LogP contribution in [0.25, 0.3) is 11.5 Å². The minimum Gasteiger partial charge on any atom is -0.409 e. The number of carbonyl (C=O) groups excluding carboxylic acids is 1. The number of hydrogen-bond acceptors (Lipinski definition) is 5. The number of likely N-dealkylation sites (tertiary alicyclic amines) is 1. The monoisotopic (exact) mass is 402 g/mol. The molecule has 0 atom stereocenters. The lowest BCUT2D eigenvalue weighted by molar-refractivity contribution is -0.126. The van der Waals surface area contributed by atoms with Gasteiger partial charge in [0.05, 0.1) is 6.67 Å². The van der Waals surface area contributed by atoms with Gasteiger partial charge in [0.15, 0.2) is 0 Å². The van der Waals surface area contributed by atoms with Gasteiger partial charge >= 0.3 is 0 Å². The van der Waals surface area contributed by atoms with E-state index in [1.165, 1.54) is 12.8 Å². The van der Waals surface area contributed by atoms with Gasteiger partial charge in [0.1, 0.15) is 0 Å². The van der Waals surface area contributed by atoms with Gasteiger partial charge in [-0.15, -0.1) is 5.10 Å². The first kappa shape index (κ1) is 20.7. The predicted octanol–water partition coefficient (Wildman–Crippen LogP) is 4.16. The summed E-state index contributed by atoms with van der Waals surface area (Å²) in [5, 5.41) is 7.65. The lowest BCUT2D eigenvalue weighted by Gasteiger charge is -2.30. The van der Waals surface area contributed by atoms with Crippen molar-refractivity contribution in [3.05, 3.63) is 34.7 Å². The number of unbranched alkanes of at least 4 members (excludes halogenated alkanes) is 2. The van der Waals surface area contributed by atoms with E-state index in [-0.39, 0.29) is 11.8 Å².